The second-order valence-electron chi connectivity index (χ2n) is 6.09. The van der Waals surface area contributed by atoms with Crippen molar-refractivity contribution in [2.24, 2.45) is 0 Å². The molecule has 2 aromatic rings. The Kier molecular flexibility index (Phi) is 8.11. The number of amides is 1. The second-order valence-corrected chi connectivity index (χ2v) is 7.16. The molecule has 2 heterocycles. The topological polar surface area (TPSA) is 94.0 Å². The van der Waals surface area contributed by atoms with Gasteiger partial charge in [-0.15, -0.1) is 0 Å². The highest BCUT2D eigenvalue weighted by molar-refractivity contribution is 7.99. The van der Waals surface area contributed by atoms with Crippen molar-refractivity contribution >= 4 is 34.5 Å². The second kappa shape index (κ2) is 10.3. The number of rotatable bonds is 11. The maximum absolute atomic E-state index is 11.6. The highest BCUT2D eigenvalue weighted by Crippen LogP contribution is 2.25. The van der Waals surface area contributed by atoms with Crippen molar-refractivity contribution in [3.8, 4) is 0 Å². The first-order valence-electron chi connectivity index (χ1n) is 9.02. The lowest BCUT2D eigenvalue weighted by molar-refractivity contribution is -0.125. The van der Waals surface area contributed by atoms with Crippen LogP contribution in [0.2, 0.25) is 0 Å². The first kappa shape index (κ1) is 20.4. The number of nitrogens with zero attached hydrogens (tertiary/aromatic N) is 4. The molecular weight excluding hydrogens is 352 g/mol. The lowest BCUT2D eigenvalue weighted by atomic mass is 10.3. The number of aromatic nitrogens is 4. The first-order chi connectivity index (χ1) is 12.5. The zero-order valence-electron chi connectivity index (χ0n) is 15.9. The van der Waals surface area contributed by atoms with Gasteiger partial charge in [0.2, 0.25) is 5.91 Å². The summed E-state index contributed by atoms with van der Waals surface area (Å²) in [5, 5.41) is 12.3. The van der Waals surface area contributed by atoms with Gasteiger partial charge in [-0.3, -0.25) is 4.79 Å². The lowest BCUT2D eigenvalue weighted by Crippen LogP contribution is -2.30. The van der Waals surface area contributed by atoms with Gasteiger partial charge >= 0.3 is 0 Å². The van der Waals surface area contributed by atoms with E-state index in [0.717, 1.165) is 34.2 Å². The van der Waals surface area contributed by atoms with Crippen LogP contribution in [0.15, 0.2) is 11.4 Å². The minimum atomic E-state index is -0.126. The predicted molar refractivity (Wildman–Crippen MR) is 105 cm³/mol. The van der Waals surface area contributed by atoms with Crippen molar-refractivity contribution < 1.29 is 9.53 Å². The van der Waals surface area contributed by atoms with Gasteiger partial charge in [-0.25, -0.2) is 14.6 Å². The molecule has 0 atom stereocenters. The molecule has 1 amide bonds. The van der Waals surface area contributed by atoms with Crippen molar-refractivity contribution in [2.45, 2.75) is 51.9 Å². The molecule has 8 nitrogen and oxygen atoms in total. The average molecular weight is 381 g/mol. The van der Waals surface area contributed by atoms with E-state index < -0.39 is 0 Å². The molecular formula is C17H28N6O2S. The molecule has 0 aliphatic rings. The third kappa shape index (κ3) is 5.84. The molecule has 2 N–H and O–H groups in total. The molecule has 2 rings (SSSR count). The molecule has 0 aromatic carbocycles. The molecule has 0 saturated carbocycles. The highest BCUT2D eigenvalue weighted by atomic mass is 32.2. The van der Waals surface area contributed by atoms with Crippen molar-refractivity contribution in [3.63, 3.8) is 0 Å². The molecule has 9 heteroatoms. The lowest BCUT2D eigenvalue weighted by Gasteiger charge is -2.12. The number of fused-ring (bicyclic) bond motifs is 1. The molecule has 0 aliphatic carbocycles. The zero-order valence-corrected chi connectivity index (χ0v) is 16.7. The smallest absolute Gasteiger partial charge is 0.246 e. The van der Waals surface area contributed by atoms with Gasteiger partial charge in [-0.2, -0.15) is 5.10 Å². The fourth-order valence-electron chi connectivity index (χ4n) is 2.29. The van der Waals surface area contributed by atoms with Crippen molar-refractivity contribution in [3.05, 3.63) is 6.20 Å². The minimum Gasteiger partial charge on any atom is -0.372 e. The van der Waals surface area contributed by atoms with Gasteiger partial charge in [0.05, 0.1) is 18.1 Å². The van der Waals surface area contributed by atoms with Crippen LogP contribution in [0.25, 0.3) is 11.0 Å². The summed E-state index contributed by atoms with van der Waals surface area (Å²) < 4.78 is 6.90. The fraction of sp³-hybridized carbons (Fsp3) is 0.647. The Morgan fingerprint density at radius 2 is 2.15 bits per heavy atom. The number of carbonyl (C=O) groups excluding carboxylic acids is 1. The number of hydrogen-bond donors (Lipinski definition) is 2. The van der Waals surface area contributed by atoms with Crippen LogP contribution < -0.4 is 10.6 Å². The molecule has 2 aromatic heterocycles. The van der Waals surface area contributed by atoms with Gasteiger partial charge in [0.15, 0.2) is 10.8 Å². The average Bonchev–Trinajstić information content (AvgIpc) is 3.01. The molecule has 0 radical (unpaired) electrons. The minimum absolute atomic E-state index is 0.0821. The number of hydrogen-bond acceptors (Lipinski definition) is 7. The molecule has 26 heavy (non-hydrogen) atoms. The standard InChI is InChI=1S/C17H28N6O2S/c1-5-9-26-17-21-15(20-12(3)4)13-10-19-23(16(13)22-17)8-7-18-14(24)11-25-6-2/h10,12H,5-9,11H2,1-4H3,(H,18,24)(H,20,21,22). The van der Waals surface area contributed by atoms with Crippen LogP contribution in [-0.4, -0.2) is 57.2 Å². The summed E-state index contributed by atoms with van der Waals surface area (Å²) in [6, 6.07) is 0.262. The quantitative estimate of drug-likeness (QED) is 0.456. The van der Waals surface area contributed by atoms with Crippen LogP contribution in [0, 0.1) is 0 Å². The number of ether oxygens (including phenoxy) is 1. The maximum Gasteiger partial charge on any atom is 0.246 e. The van der Waals surface area contributed by atoms with Gasteiger partial charge in [0, 0.05) is 24.9 Å². The van der Waals surface area contributed by atoms with Crippen molar-refractivity contribution in [1.29, 1.82) is 0 Å². The van der Waals surface area contributed by atoms with E-state index in [0.29, 0.717) is 19.7 Å². The number of carbonyl (C=O) groups is 1. The summed E-state index contributed by atoms with van der Waals surface area (Å²) in [5.74, 6) is 1.64. The van der Waals surface area contributed by atoms with E-state index in [9.17, 15) is 4.79 Å². The van der Waals surface area contributed by atoms with E-state index in [-0.39, 0.29) is 18.6 Å². The summed E-state index contributed by atoms with van der Waals surface area (Å²) in [4.78, 5) is 20.9. The Bertz CT molecular complexity index is 719. The summed E-state index contributed by atoms with van der Waals surface area (Å²) in [6.45, 7) is 9.76. The fourth-order valence-corrected chi connectivity index (χ4v) is 2.98. The largest absolute Gasteiger partial charge is 0.372 e. The monoisotopic (exact) mass is 380 g/mol. The van der Waals surface area contributed by atoms with E-state index in [1.807, 2.05) is 6.92 Å². The van der Waals surface area contributed by atoms with E-state index in [1.54, 1.807) is 22.6 Å². The van der Waals surface area contributed by atoms with Crippen molar-refractivity contribution in [2.75, 3.05) is 30.8 Å². The van der Waals surface area contributed by atoms with Gasteiger partial charge in [-0.05, 0) is 27.2 Å². The summed E-state index contributed by atoms with van der Waals surface area (Å²) >= 11 is 1.64. The number of nitrogens with one attached hydrogen (secondary N) is 2. The molecule has 0 aliphatic heterocycles. The Balaban J connectivity index is 2.15. The highest BCUT2D eigenvalue weighted by Gasteiger charge is 2.14. The van der Waals surface area contributed by atoms with Gasteiger partial charge < -0.3 is 15.4 Å². The van der Waals surface area contributed by atoms with Crippen LogP contribution in [0.4, 0.5) is 5.82 Å². The third-order valence-electron chi connectivity index (χ3n) is 3.42. The van der Waals surface area contributed by atoms with E-state index in [4.69, 9.17) is 4.74 Å². The zero-order chi connectivity index (χ0) is 18.9. The molecule has 144 valence electrons. The molecule has 0 unspecified atom stereocenters. The van der Waals surface area contributed by atoms with Crippen LogP contribution in [-0.2, 0) is 16.1 Å². The Morgan fingerprint density at radius 1 is 1.35 bits per heavy atom. The molecule has 0 fully saturated rings. The Labute approximate surface area is 158 Å². The Hall–Kier alpha value is -1.87. The Morgan fingerprint density at radius 3 is 2.85 bits per heavy atom. The molecule has 0 saturated heterocycles. The van der Waals surface area contributed by atoms with E-state index in [1.165, 1.54) is 0 Å². The van der Waals surface area contributed by atoms with Gasteiger partial charge in [0.1, 0.15) is 12.4 Å². The SMILES string of the molecule is CCCSc1nc(NC(C)C)c2cnn(CCNC(=O)COCC)c2n1. The molecule has 0 bridgehead atoms. The summed E-state index contributed by atoms with van der Waals surface area (Å²) in [7, 11) is 0. The number of anilines is 1. The van der Waals surface area contributed by atoms with Gasteiger partial charge in [0.25, 0.3) is 0 Å². The summed E-state index contributed by atoms with van der Waals surface area (Å²) in [6.07, 6.45) is 2.83. The maximum atomic E-state index is 11.6. The third-order valence-corrected chi connectivity index (χ3v) is 4.47. The van der Waals surface area contributed by atoms with Crippen LogP contribution in [0.3, 0.4) is 0 Å². The van der Waals surface area contributed by atoms with Gasteiger partial charge in [-0.1, -0.05) is 18.7 Å². The van der Waals surface area contributed by atoms with E-state index in [2.05, 4.69) is 46.5 Å². The summed E-state index contributed by atoms with van der Waals surface area (Å²) in [5.41, 5.74) is 0.779. The first-order valence-corrected chi connectivity index (χ1v) is 10.0. The van der Waals surface area contributed by atoms with Crippen molar-refractivity contribution in [1.82, 2.24) is 25.1 Å². The van der Waals surface area contributed by atoms with Crippen LogP contribution in [0.5, 0.6) is 0 Å². The van der Waals surface area contributed by atoms with Crippen LogP contribution in [0.1, 0.15) is 34.1 Å². The predicted octanol–water partition coefficient (Wildman–Crippen LogP) is 2.30. The van der Waals surface area contributed by atoms with E-state index >= 15 is 0 Å². The normalized spacial score (nSPS) is 11.3. The molecule has 0 spiro atoms. The number of thioether (sulfide) groups is 1. The van der Waals surface area contributed by atoms with Crippen LogP contribution >= 0.6 is 11.8 Å².